The number of hydrogen-bond acceptors (Lipinski definition) is 12. The molecule has 2 aliphatic heterocycles. The predicted octanol–water partition coefficient (Wildman–Crippen LogP) is 1.40. The van der Waals surface area contributed by atoms with Crippen molar-refractivity contribution in [2.24, 2.45) is 5.92 Å². The number of rotatable bonds is 15. The summed E-state index contributed by atoms with van der Waals surface area (Å²) in [4.78, 5) is 62.5. The van der Waals surface area contributed by atoms with E-state index in [-0.39, 0.29) is 17.6 Å². The molecule has 3 N–H and O–H groups in total. The first kappa shape index (κ1) is 39.8. The Kier molecular flexibility index (Phi) is 12.8. The zero-order valence-electron chi connectivity index (χ0n) is 27.6. The number of nitrogens with one attached hydrogen (secondary N) is 2. The van der Waals surface area contributed by atoms with Gasteiger partial charge < -0.3 is 23.8 Å². The topological polar surface area (TPSA) is 206 Å². The van der Waals surface area contributed by atoms with Crippen LogP contribution in [0.2, 0.25) is 0 Å². The second-order valence-corrected chi connectivity index (χ2v) is 13.6. The van der Waals surface area contributed by atoms with E-state index < -0.39 is 111 Å². The molecule has 9 atom stereocenters. The summed E-state index contributed by atoms with van der Waals surface area (Å²) in [7, 11) is -3.85. The molecule has 0 saturated carbocycles. The summed E-state index contributed by atoms with van der Waals surface area (Å²) in [5.41, 5.74) is -3.52. The highest BCUT2D eigenvalue weighted by Gasteiger charge is 2.53. The highest BCUT2D eigenvalue weighted by atomic mass is 31.2. The maximum atomic E-state index is 16.0. The zero-order chi connectivity index (χ0) is 37.1. The molecule has 0 spiro atoms. The van der Waals surface area contributed by atoms with E-state index in [4.69, 9.17) is 28.0 Å². The van der Waals surface area contributed by atoms with Crippen molar-refractivity contribution in [3.63, 3.8) is 0 Å². The van der Waals surface area contributed by atoms with E-state index in [9.17, 15) is 41.8 Å². The minimum Gasteiger partial charge on any atom is -0.376 e. The number of alkyl halides is 4. The van der Waals surface area contributed by atoms with Gasteiger partial charge in [0.25, 0.3) is 11.1 Å². The number of hydrogen-bond donors (Lipinski definition) is 3. The fourth-order valence-corrected chi connectivity index (χ4v) is 6.93. The van der Waals surface area contributed by atoms with Crippen molar-refractivity contribution in [2.75, 3.05) is 26.8 Å². The average Bonchev–Trinajstić information content (AvgIpc) is 3.48. The minimum absolute atomic E-state index is 0.0308. The molecule has 2 fully saturated rings. The third-order valence-electron chi connectivity index (χ3n) is 7.97. The minimum atomic E-state index is -5.08. The fraction of sp³-hybridized carbons (Fsp3) is 0.714. The summed E-state index contributed by atoms with van der Waals surface area (Å²) < 4.78 is 107. The molecule has 22 heteroatoms. The van der Waals surface area contributed by atoms with Gasteiger partial charge in [-0.1, -0.05) is 0 Å². The Morgan fingerprint density at radius 1 is 0.940 bits per heavy atom. The highest BCUT2D eigenvalue weighted by molar-refractivity contribution is 7.47. The molecule has 2 aliphatic rings. The van der Waals surface area contributed by atoms with E-state index in [0.29, 0.717) is 0 Å². The van der Waals surface area contributed by atoms with E-state index in [1.54, 1.807) is 13.8 Å². The lowest BCUT2D eigenvalue weighted by atomic mass is 9.95. The van der Waals surface area contributed by atoms with Crippen LogP contribution in [-0.2, 0) is 32.6 Å². The van der Waals surface area contributed by atoms with Gasteiger partial charge in [-0.25, -0.2) is 23.4 Å². The standard InChI is InChI=1S/C28H40F4N5O12P/c1-14(2)45-13-18-16(21(29)24(47-18)36-10-7-19(38)33-26(36)40)6-9-35(28(30,31)32)12-17-22(49-50(42,43)48-15(3)4)23(44-5)25(46-17)37-11-8-20(39)34-27(37)41/h7-8,10-11,14-18,21-25H,6,9,12-13H2,1-5H3,(H,42,43)(H,33,38,40)(H,34,39,41)/t16-,17-,18-,21-,22-,23-,24-,25-/m1/s1. The van der Waals surface area contributed by atoms with Crippen LogP contribution in [0, 0.1) is 5.92 Å². The first-order valence-electron chi connectivity index (χ1n) is 15.5. The van der Waals surface area contributed by atoms with Gasteiger partial charge in [-0.2, -0.15) is 13.2 Å². The number of aromatic nitrogens is 4. The normalized spacial score (nSPS) is 28.6. The first-order chi connectivity index (χ1) is 23.3. The third kappa shape index (κ3) is 9.65. The second-order valence-electron chi connectivity index (χ2n) is 12.3. The molecule has 17 nitrogen and oxygen atoms in total. The number of phosphoric ester groups is 1. The molecule has 4 rings (SSSR count). The molecule has 50 heavy (non-hydrogen) atoms. The lowest BCUT2D eigenvalue weighted by Gasteiger charge is -2.31. The average molecular weight is 746 g/mol. The Bertz CT molecular complexity index is 1730. The van der Waals surface area contributed by atoms with Crippen molar-refractivity contribution in [3.8, 4) is 0 Å². The van der Waals surface area contributed by atoms with Crippen LogP contribution in [0.15, 0.2) is 43.7 Å². The Morgan fingerprint density at radius 3 is 2.00 bits per heavy atom. The van der Waals surface area contributed by atoms with Gasteiger partial charge in [0.2, 0.25) is 0 Å². The van der Waals surface area contributed by atoms with Crippen LogP contribution in [0.4, 0.5) is 17.6 Å². The number of H-pyrrole nitrogens is 2. The molecule has 0 bridgehead atoms. The third-order valence-corrected chi connectivity index (χ3v) is 9.16. The molecule has 0 radical (unpaired) electrons. The van der Waals surface area contributed by atoms with Crippen molar-refractivity contribution < 1.29 is 55.0 Å². The van der Waals surface area contributed by atoms with E-state index >= 15 is 4.39 Å². The number of ether oxygens (including phenoxy) is 4. The van der Waals surface area contributed by atoms with E-state index in [1.807, 2.05) is 9.97 Å². The first-order valence-corrected chi connectivity index (χ1v) is 17.0. The van der Waals surface area contributed by atoms with Gasteiger partial charge in [0.1, 0.15) is 18.3 Å². The number of nitrogens with zero attached hydrogens (tertiary/aromatic N) is 3. The van der Waals surface area contributed by atoms with Crippen molar-refractivity contribution in [1.82, 2.24) is 24.0 Å². The molecule has 2 aromatic heterocycles. The molecule has 2 saturated heterocycles. The van der Waals surface area contributed by atoms with Crippen LogP contribution in [0.25, 0.3) is 0 Å². The lowest BCUT2D eigenvalue weighted by molar-refractivity contribution is -0.255. The fourth-order valence-electron chi connectivity index (χ4n) is 5.79. The maximum Gasteiger partial charge on any atom is 0.472 e. The largest absolute Gasteiger partial charge is 0.472 e. The van der Waals surface area contributed by atoms with Crippen molar-refractivity contribution in [3.05, 3.63) is 66.2 Å². The molecule has 282 valence electrons. The molecule has 0 aliphatic carbocycles. The summed E-state index contributed by atoms with van der Waals surface area (Å²) in [6, 6.07) is 1.92. The van der Waals surface area contributed by atoms with Crippen molar-refractivity contribution >= 4 is 7.82 Å². The summed E-state index contributed by atoms with van der Waals surface area (Å²) in [5.74, 6) is -1.24. The van der Waals surface area contributed by atoms with E-state index in [1.165, 1.54) is 13.8 Å². The van der Waals surface area contributed by atoms with Gasteiger partial charge in [-0.15, -0.1) is 0 Å². The van der Waals surface area contributed by atoms with Gasteiger partial charge in [-0.05, 0) is 34.1 Å². The number of phosphoric acid groups is 1. The highest BCUT2D eigenvalue weighted by Crippen LogP contribution is 2.50. The Morgan fingerprint density at radius 2 is 1.50 bits per heavy atom. The quantitative estimate of drug-likeness (QED) is 0.134. The molecule has 1 unspecified atom stereocenters. The van der Waals surface area contributed by atoms with Crippen LogP contribution >= 0.6 is 7.82 Å². The van der Waals surface area contributed by atoms with Gasteiger partial charge in [-0.3, -0.25) is 37.7 Å². The number of methoxy groups -OCH3 is 1. The monoisotopic (exact) mass is 745 g/mol. The van der Waals surface area contributed by atoms with E-state index in [0.717, 1.165) is 40.8 Å². The summed E-state index contributed by atoms with van der Waals surface area (Å²) >= 11 is 0. The van der Waals surface area contributed by atoms with Crippen LogP contribution in [0.5, 0.6) is 0 Å². The van der Waals surface area contributed by atoms with Gasteiger partial charge in [0.05, 0.1) is 24.9 Å². The number of halogens is 4. The summed E-state index contributed by atoms with van der Waals surface area (Å²) in [5, 5.41) is 0. The Balaban J connectivity index is 1.63. The molecule has 0 amide bonds. The van der Waals surface area contributed by atoms with Crippen LogP contribution in [0.3, 0.4) is 0 Å². The predicted molar refractivity (Wildman–Crippen MR) is 164 cm³/mol. The summed E-state index contributed by atoms with van der Waals surface area (Å²) in [6.45, 7) is 4.05. The summed E-state index contributed by atoms with van der Waals surface area (Å²) in [6.07, 6.45) is -15.9. The molecule has 0 aromatic carbocycles. The second kappa shape index (κ2) is 16.1. The van der Waals surface area contributed by atoms with Gasteiger partial charge in [0, 0.05) is 50.6 Å². The molecular weight excluding hydrogens is 705 g/mol. The van der Waals surface area contributed by atoms with Crippen LogP contribution in [-0.4, -0.2) is 105 Å². The van der Waals surface area contributed by atoms with Gasteiger partial charge >= 0.3 is 25.5 Å². The SMILES string of the molecule is CO[C@@H]1[C@H](OP(=O)(O)OC(C)C)[C@@H](CN(CC[C@H]2[C@@H](F)[C@H](n3ccc(=O)[nH]c3=O)O[C@@H]2COC(C)C)C(F)(F)F)O[C@H]1n1ccc(=O)[nH]c1=O. The molecular formula is C28H40F4N5O12P. The number of aromatic amines is 2. The zero-order valence-corrected chi connectivity index (χ0v) is 28.5. The Hall–Kier alpha value is -3.01. The van der Waals surface area contributed by atoms with Crippen molar-refractivity contribution in [2.45, 2.75) is 95.7 Å². The maximum absolute atomic E-state index is 16.0. The lowest BCUT2D eigenvalue weighted by Crippen LogP contribution is -2.48. The van der Waals surface area contributed by atoms with Crippen LogP contribution < -0.4 is 22.5 Å². The molecule has 4 heterocycles. The van der Waals surface area contributed by atoms with E-state index in [2.05, 4.69) is 0 Å². The Labute approximate surface area is 281 Å². The smallest absolute Gasteiger partial charge is 0.376 e. The van der Waals surface area contributed by atoms with Gasteiger partial charge in [0.15, 0.2) is 18.6 Å². The van der Waals surface area contributed by atoms with Crippen LogP contribution in [0.1, 0.15) is 46.6 Å². The molecule has 2 aromatic rings. The van der Waals surface area contributed by atoms with Crippen molar-refractivity contribution in [1.29, 1.82) is 0 Å².